The Morgan fingerprint density at radius 1 is 1.04 bits per heavy atom. The number of carbonyl (C=O) groups is 1. The van der Waals surface area contributed by atoms with Gasteiger partial charge in [-0.1, -0.05) is 40.9 Å². The second-order valence-electron chi connectivity index (χ2n) is 8.13. The fraction of sp³-hybridized carbons (Fsp3) is 0.682. The number of likely N-dealkylation sites (tertiary alicyclic amines) is 1. The highest BCUT2D eigenvalue weighted by atomic mass is 79.9. The highest BCUT2D eigenvalue weighted by Crippen LogP contribution is 2.26. The minimum atomic E-state index is 0.245. The average molecular weight is 421 g/mol. The molecule has 2 aliphatic rings. The average Bonchev–Trinajstić information content (AvgIpc) is 3.15. The zero-order valence-electron chi connectivity index (χ0n) is 15.9. The van der Waals surface area contributed by atoms with E-state index in [0.717, 1.165) is 55.6 Å². The van der Waals surface area contributed by atoms with Gasteiger partial charge in [0.15, 0.2) is 0 Å². The summed E-state index contributed by atoms with van der Waals surface area (Å²) in [5.74, 6) is 1.18. The predicted molar refractivity (Wildman–Crippen MR) is 111 cm³/mol. The minimum Gasteiger partial charge on any atom is -0.353 e. The van der Waals surface area contributed by atoms with Gasteiger partial charge in [0.2, 0.25) is 5.91 Å². The van der Waals surface area contributed by atoms with E-state index in [4.69, 9.17) is 0 Å². The number of hydrogen-bond acceptors (Lipinski definition) is 2. The summed E-state index contributed by atoms with van der Waals surface area (Å²) in [7, 11) is 0. The molecule has 1 aliphatic carbocycles. The molecule has 144 valence electrons. The van der Waals surface area contributed by atoms with Crippen molar-refractivity contribution in [3.05, 3.63) is 34.3 Å². The van der Waals surface area contributed by atoms with Gasteiger partial charge in [-0.25, -0.2) is 0 Å². The molecule has 1 saturated heterocycles. The Morgan fingerprint density at radius 3 is 2.42 bits per heavy atom. The molecule has 0 aromatic heterocycles. The summed E-state index contributed by atoms with van der Waals surface area (Å²) in [5, 5.41) is 3.27. The standard InChI is InChI=1S/C22H33BrN2O/c23-20-11-9-18(10-12-20)5-3-4-8-22(26)24-21-13-15-25(16-14-21)17-19-6-1-2-7-19/h9-12,19,21H,1-8,13-17H2,(H,24,26). The van der Waals surface area contributed by atoms with Crippen LogP contribution < -0.4 is 5.32 Å². The lowest BCUT2D eigenvalue weighted by Crippen LogP contribution is -2.45. The van der Waals surface area contributed by atoms with Crippen molar-refractivity contribution in [2.45, 2.75) is 70.3 Å². The first kappa shape index (κ1) is 19.9. The first-order chi connectivity index (χ1) is 12.7. The number of rotatable bonds is 8. The van der Waals surface area contributed by atoms with Crippen LogP contribution in [0.15, 0.2) is 28.7 Å². The molecule has 1 heterocycles. The van der Waals surface area contributed by atoms with Crippen molar-refractivity contribution in [2.24, 2.45) is 5.92 Å². The largest absolute Gasteiger partial charge is 0.353 e. The normalized spacial score (nSPS) is 19.7. The van der Waals surface area contributed by atoms with E-state index in [1.54, 1.807) is 0 Å². The fourth-order valence-corrected chi connectivity index (χ4v) is 4.65. The lowest BCUT2D eigenvalue weighted by Gasteiger charge is -2.33. The van der Waals surface area contributed by atoms with Gasteiger partial charge in [-0.3, -0.25) is 4.79 Å². The number of piperidine rings is 1. The summed E-state index contributed by atoms with van der Waals surface area (Å²) >= 11 is 3.46. The Morgan fingerprint density at radius 2 is 1.73 bits per heavy atom. The molecule has 1 aliphatic heterocycles. The van der Waals surface area contributed by atoms with Crippen LogP contribution in [0, 0.1) is 5.92 Å². The molecule has 0 atom stereocenters. The van der Waals surface area contributed by atoms with E-state index in [2.05, 4.69) is 50.4 Å². The molecule has 26 heavy (non-hydrogen) atoms. The number of amides is 1. The van der Waals surface area contributed by atoms with Gasteiger partial charge in [-0.2, -0.15) is 0 Å². The molecule has 2 fully saturated rings. The molecule has 0 radical (unpaired) electrons. The molecule has 0 bridgehead atoms. The summed E-state index contributed by atoms with van der Waals surface area (Å²) in [4.78, 5) is 14.8. The minimum absolute atomic E-state index is 0.245. The third-order valence-electron chi connectivity index (χ3n) is 5.98. The second kappa shape index (κ2) is 10.5. The maximum absolute atomic E-state index is 12.2. The maximum Gasteiger partial charge on any atom is 0.220 e. The Hall–Kier alpha value is -0.870. The maximum atomic E-state index is 12.2. The molecule has 1 aromatic rings. The number of nitrogens with zero attached hydrogens (tertiary/aromatic N) is 1. The van der Waals surface area contributed by atoms with Gasteiger partial charge in [0.05, 0.1) is 0 Å². The highest BCUT2D eigenvalue weighted by molar-refractivity contribution is 9.10. The Balaban J connectivity index is 1.25. The van der Waals surface area contributed by atoms with Crippen LogP contribution in [0.5, 0.6) is 0 Å². The van der Waals surface area contributed by atoms with E-state index in [9.17, 15) is 4.79 Å². The van der Waals surface area contributed by atoms with E-state index >= 15 is 0 Å². The van der Waals surface area contributed by atoms with Crippen LogP contribution in [-0.4, -0.2) is 36.5 Å². The van der Waals surface area contributed by atoms with Crippen LogP contribution in [0.3, 0.4) is 0 Å². The zero-order valence-corrected chi connectivity index (χ0v) is 17.5. The van der Waals surface area contributed by atoms with E-state index in [1.807, 2.05) is 0 Å². The molecule has 1 aromatic carbocycles. The van der Waals surface area contributed by atoms with E-state index in [0.29, 0.717) is 12.5 Å². The van der Waals surface area contributed by atoms with E-state index in [-0.39, 0.29) is 5.91 Å². The van der Waals surface area contributed by atoms with Crippen molar-refractivity contribution in [3.8, 4) is 0 Å². The van der Waals surface area contributed by atoms with Crippen molar-refractivity contribution in [3.63, 3.8) is 0 Å². The second-order valence-corrected chi connectivity index (χ2v) is 9.04. The monoisotopic (exact) mass is 420 g/mol. The van der Waals surface area contributed by atoms with Gasteiger partial charge in [0.25, 0.3) is 0 Å². The Bertz CT molecular complexity index is 546. The number of aryl methyl sites for hydroxylation is 1. The third kappa shape index (κ3) is 6.70. The SMILES string of the molecule is O=C(CCCCc1ccc(Br)cc1)NC1CCN(CC2CCCC2)CC1. The van der Waals surface area contributed by atoms with Crippen LogP contribution in [0.4, 0.5) is 0 Å². The molecule has 1 amide bonds. The molecule has 1 N–H and O–H groups in total. The van der Waals surface area contributed by atoms with Gasteiger partial charge in [-0.05, 0) is 68.6 Å². The van der Waals surface area contributed by atoms with Crippen molar-refractivity contribution >= 4 is 21.8 Å². The van der Waals surface area contributed by atoms with E-state index in [1.165, 1.54) is 37.8 Å². The summed E-state index contributed by atoms with van der Waals surface area (Å²) in [5.41, 5.74) is 1.35. The third-order valence-corrected chi connectivity index (χ3v) is 6.51. The number of nitrogens with one attached hydrogen (secondary N) is 1. The van der Waals surface area contributed by atoms with Crippen LogP contribution in [0.25, 0.3) is 0 Å². The first-order valence-corrected chi connectivity index (χ1v) is 11.2. The van der Waals surface area contributed by atoms with Crippen molar-refractivity contribution in [1.82, 2.24) is 10.2 Å². The zero-order chi connectivity index (χ0) is 18.2. The van der Waals surface area contributed by atoms with E-state index < -0.39 is 0 Å². The van der Waals surface area contributed by atoms with Gasteiger partial charge in [0.1, 0.15) is 0 Å². The summed E-state index contributed by atoms with van der Waals surface area (Å²) in [6.45, 7) is 3.60. The number of hydrogen-bond donors (Lipinski definition) is 1. The highest BCUT2D eigenvalue weighted by Gasteiger charge is 2.24. The van der Waals surface area contributed by atoms with Gasteiger partial charge < -0.3 is 10.2 Å². The molecular weight excluding hydrogens is 388 g/mol. The van der Waals surface area contributed by atoms with Crippen LogP contribution in [0.2, 0.25) is 0 Å². The molecule has 3 nitrogen and oxygen atoms in total. The van der Waals surface area contributed by atoms with Gasteiger partial charge in [-0.15, -0.1) is 0 Å². The summed E-state index contributed by atoms with van der Waals surface area (Å²) in [6, 6.07) is 8.88. The summed E-state index contributed by atoms with van der Waals surface area (Å²) < 4.78 is 1.12. The van der Waals surface area contributed by atoms with Crippen molar-refractivity contribution < 1.29 is 4.79 Å². The Labute approximate surface area is 167 Å². The summed E-state index contributed by atoms with van der Waals surface area (Å²) in [6.07, 6.45) is 11.7. The lowest BCUT2D eigenvalue weighted by molar-refractivity contribution is -0.122. The fourth-order valence-electron chi connectivity index (χ4n) is 4.38. The number of benzene rings is 1. The lowest BCUT2D eigenvalue weighted by atomic mass is 10.0. The van der Waals surface area contributed by atoms with Crippen LogP contribution in [0.1, 0.15) is 63.4 Å². The molecular formula is C22H33BrN2O. The topological polar surface area (TPSA) is 32.3 Å². The smallest absolute Gasteiger partial charge is 0.220 e. The van der Waals surface area contributed by atoms with Gasteiger partial charge in [0, 0.05) is 36.6 Å². The number of unbranched alkanes of at least 4 members (excludes halogenated alkanes) is 1. The first-order valence-electron chi connectivity index (χ1n) is 10.5. The molecule has 4 heteroatoms. The van der Waals surface area contributed by atoms with Gasteiger partial charge >= 0.3 is 0 Å². The quantitative estimate of drug-likeness (QED) is 0.604. The molecule has 0 unspecified atom stereocenters. The Kier molecular flexibility index (Phi) is 8.00. The predicted octanol–water partition coefficient (Wildman–Crippen LogP) is 4.93. The number of carbonyl (C=O) groups excluding carboxylic acids is 1. The molecule has 1 saturated carbocycles. The molecule has 0 spiro atoms. The van der Waals surface area contributed by atoms with Crippen molar-refractivity contribution in [1.29, 1.82) is 0 Å². The van der Waals surface area contributed by atoms with Crippen LogP contribution in [-0.2, 0) is 11.2 Å². The molecule has 3 rings (SSSR count). The van der Waals surface area contributed by atoms with Crippen LogP contribution >= 0.6 is 15.9 Å². The number of halogens is 1. The van der Waals surface area contributed by atoms with Crippen molar-refractivity contribution in [2.75, 3.05) is 19.6 Å².